The fraction of sp³-hybridized carbons (Fsp3) is 0.143. The fourth-order valence-electron chi connectivity index (χ4n) is 2.07. The van der Waals surface area contributed by atoms with Crippen molar-refractivity contribution in [3.8, 4) is 11.3 Å². The highest BCUT2D eigenvalue weighted by molar-refractivity contribution is 5.63. The van der Waals surface area contributed by atoms with Crippen LogP contribution in [0, 0.1) is 6.92 Å². The largest absolute Gasteiger partial charge is 0.348 e. The van der Waals surface area contributed by atoms with Crippen LogP contribution < -0.4 is 0 Å². The summed E-state index contributed by atoms with van der Waals surface area (Å²) in [6.07, 6.45) is 6.29. The van der Waals surface area contributed by atoms with Crippen LogP contribution in [0.2, 0.25) is 0 Å². The molecular formula is C14H14N4. The Bertz CT molecular complexity index is 637. The lowest BCUT2D eigenvalue weighted by Crippen LogP contribution is -1.94. The first-order valence-electron chi connectivity index (χ1n) is 5.91. The topological polar surface area (TPSA) is 57.4 Å². The molecule has 1 aromatic carbocycles. The Morgan fingerprint density at radius 3 is 2.78 bits per heavy atom. The lowest BCUT2D eigenvalue weighted by molar-refractivity contribution is 1.03. The van der Waals surface area contributed by atoms with Crippen LogP contribution in [0.15, 0.2) is 42.9 Å². The molecule has 90 valence electrons. The molecule has 0 saturated carbocycles. The van der Waals surface area contributed by atoms with Gasteiger partial charge in [0.2, 0.25) is 0 Å². The second-order valence-electron chi connectivity index (χ2n) is 4.25. The van der Waals surface area contributed by atoms with E-state index in [2.05, 4.69) is 32.1 Å². The highest BCUT2D eigenvalue weighted by atomic mass is 14.9. The minimum Gasteiger partial charge on any atom is -0.348 e. The average Bonchev–Trinajstić information content (AvgIpc) is 3.02. The lowest BCUT2D eigenvalue weighted by Gasteiger charge is -2.06. The molecule has 2 heterocycles. The van der Waals surface area contributed by atoms with Gasteiger partial charge >= 0.3 is 0 Å². The molecule has 0 aliphatic rings. The first kappa shape index (κ1) is 10.8. The molecule has 0 radical (unpaired) electrons. The number of benzene rings is 1. The van der Waals surface area contributed by atoms with Gasteiger partial charge in [-0.05, 0) is 12.5 Å². The molecule has 0 aliphatic carbocycles. The zero-order valence-corrected chi connectivity index (χ0v) is 10.1. The molecule has 4 nitrogen and oxygen atoms in total. The van der Waals surface area contributed by atoms with E-state index in [0.29, 0.717) is 0 Å². The molecule has 3 aromatic rings. The number of aromatic nitrogens is 4. The summed E-state index contributed by atoms with van der Waals surface area (Å²) in [5.74, 6) is 1.90. The van der Waals surface area contributed by atoms with Crippen molar-refractivity contribution in [2.24, 2.45) is 0 Å². The molecule has 4 heteroatoms. The van der Waals surface area contributed by atoms with Gasteiger partial charge in [0, 0.05) is 24.4 Å². The van der Waals surface area contributed by atoms with Gasteiger partial charge in [-0.25, -0.2) is 9.97 Å². The number of H-pyrrole nitrogens is 2. The van der Waals surface area contributed by atoms with Crippen LogP contribution in [-0.4, -0.2) is 19.9 Å². The van der Waals surface area contributed by atoms with Crippen molar-refractivity contribution in [3.63, 3.8) is 0 Å². The summed E-state index contributed by atoms with van der Waals surface area (Å²) in [6.45, 7) is 1.96. The van der Waals surface area contributed by atoms with Gasteiger partial charge in [-0.15, -0.1) is 0 Å². The van der Waals surface area contributed by atoms with E-state index in [0.717, 1.165) is 23.8 Å². The fourth-order valence-corrected chi connectivity index (χ4v) is 2.07. The van der Waals surface area contributed by atoms with E-state index in [1.54, 1.807) is 6.20 Å². The summed E-state index contributed by atoms with van der Waals surface area (Å²) in [5, 5.41) is 0. The van der Waals surface area contributed by atoms with E-state index in [4.69, 9.17) is 0 Å². The third kappa shape index (κ3) is 2.05. The predicted molar refractivity (Wildman–Crippen MR) is 70.2 cm³/mol. The summed E-state index contributed by atoms with van der Waals surface area (Å²) in [5.41, 5.74) is 3.46. The minimum atomic E-state index is 0.793. The van der Waals surface area contributed by atoms with Crippen molar-refractivity contribution in [2.75, 3.05) is 0 Å². The van der Waals surface area contributed by atoms with Gasteiger partial charge in [0.1, 0.15) is 11.6 Å². The SMILES string of the molecule is Cc1ncc(-c2ccccc2Cc2ncc[nH]2)[nH]1. The van der Waals surface area contributed by atoms with Crippen LogP contribution in [0.25, 0.3) is 11.3 Å². The van der Waals surface area contributed by atoms with Crippen molar-refractivity contribution in [1.29, 1.82) is 0 Å². The molecule has 0 spiro atoms. The maximum Gasteiger partial charge on any atom is 0.110 e. The van der Waals surface area contributed by atoms with Gasteiger partial charge < -0.3 is 9.97 Å². The van der Waals surface area contributed by atoms with Crippen molar-refractivity contribution in [3.05, 3.63) is 60.1 Å². The van der Waals surface area contributed by atoms with Gasteiger partial charge in [-0.1, -0.05) is 24.3 Å². The molecule has 2 N–H and O–H groups in total. The van der Waals surface area contributed by atoms with E-state index < -0.39 is 0 Å². The summed E-state index contributed by atoms with van der Waals surface area (Å²) in [6, 6.07) is 8.31. The Morgan fingerprint density at radius 1 is 1.17 bits per heavy atom. The third-order valence-electron chi connectivity index (χ3n) is 2.92. The lowest BCUT2D eigenvalue weighted by atomic mass is 10.0. The predicted octanol–water partition coefficient (Wildman–Crippen LogP) is 2.70. The molecule has 0 unspecified atom stereocenters. The second-order valence-corrected chi connectivity index (χ2v) is 4.25. The number of hydrogen-bond acceptors (Lipinski definition) is 2. The summed E-state index contributed by atoms with van der Waals surface area (Å²) >= 11 is 0. The first-order valence-corrected chi connectivity index (χ1v) is 5.91. The molecule has 3 rings (SSSR count). The molecule has 0 atom stereocenters. The van der Waals surface area contributed by atoms with Crippen molar-refractivity contribution >= 4 is 0 Å². The van der Waals surface area contributed by atoms with Crippen LogP contribution in [0.4, 0.5) is 0 Å². The van der Waals surface area contributed by atoms with Crippen molar-refractivity contribution < 1.29 is 0 Å². The minimum absolute atomic E-state index is 0.793. The van der Waals surface area contributed by atoms with E-state index in [-0.39, 0.29) is 0 Å². The van der Waals surface area contributed by atoms with Crippen LogP contribution in [0.3, 0.4) is 0 Å². The maximum atomic E-state index is 4.27. The van der Waals surface area contributed by atoms with Gasteiger partial charge in [0.15, 0.2) is 0 Å². The number of rotatable bonds is 3. The Balaban J connectivity index is 2.00. The quantitative estimate of drug-likeness (QED) is 0.737. The van der Waals surface area contributed by atoms with E-state index >= 15 is 0 Å². The summed E-state index contributed by atoms with van der Waals surface area (Å²) in [4.78, 5) is 14.9. The molecule has 0 fully saturated rings. The van der Waals surface area contributed by atoms with Crippen LogP contribution in [0.1, 0.15) is 17.2 Å². The standard InChI is InChI=1S/C14H14N4/c1-10-17-9-13(18-10)12-5-3-2-4-11(12)8-14-15-6-7-16-14/h2-7,9H,8H2,1H3,(H,15,16)(H,17,18). The molecule has 0 aliphatic heterocycles. The van der Waals surface area contributed by atoms with Gasteiger partial charge in [0.25, 0.3) is 0 Å². The average molecular weight is 238 g/mol. The molecule has 18 heavy (non-hydrogen) atoms. The van der Waals surface area contributed by atoms with Gasteiger partial charge in [-0.3, -0.25) is 0 Å². The van der Waals surface area contributed by atoms with Crippen LogP contribution >= 0.6 is 0 Å². The maximum absolute atomic E-state index is 4.27. The Labute approximate surface area is 105 Å². The molecular weight excluding hydrogens is 224 g/mol. The number of hydrogen-bond donors (Lipinski definition) is 2. The smallest absolute Gasteiger partial charge is 0.110 e. The molecule has 0 amide bonds. The Kier molecular flexibility index (Phi) is 2.68. The zero-order chi connectivity index (χ0) is 12.4. The molecule has 0 bridgehead atoms. The van der Waals surface area contributed by atoms with E-state index in [1.807, 2.05) is 31.5 Å². The summed E-state index contributed by atoms with van der Waals surface area (Å²) in [7, 11) is 0. The normalized spacial score (nSPS) is 10.7. The number of aromatic amines is 2. The van der Waals surface area contributed by atoms with Crippen molar-refractivity contribution in [1.82, 2.24) is 19.9 Å². The Morgan fingerprint density at radius 2 is 2.06 bits per heavy atom. The highest BCUT2D eigenvalue weighted by Gasteiger charge is 2.08. The van der Waals surface area contributed by atoms with Gasteiger partial charge in [0.05, 0.1) is 11.9 Å². The third-order valence-corrected chi connectivity index (χ3v) is 2.92. The summed E-state index contributed by atoms with van der Waals surface area (Å²) < 4.78 is 0. The number of nitrogens with zero attached hydrogens (tertiary/aromatic N) is 2. The number of aryl methyl sites for hydroxylation is 1. The molecule has 0 saturated heterocycles. The first-order chi connectivity index (χ1) is 8.83. The zero-order valence-electron chi connectivity index (χ0n) is 10.1. The number of imidazole rings is 2. The van der Waals surface area contributed by atoms with E-state index in [9.17, 15) is 0 Å². The second kappa shape index (κ2) is 4.49. The van der Waals surface area contributed by atoms with E-state index in [1.165, 1.54) is 11.1 Å². The monoisotopic (exact) mass is 238 g/mol. The van der Waals surface area contributed by atoms with Gasteiger partial charge in [-0.2, -0.15) is 0 Å². The van der Waals surface area contributed by atoms with Crippen LogP contribution in [0.5, 0.6) is 0 Å². The molecule has 2 aromatic heterocycles. The van der Waals surface area contributed by atoms with Crippen molar-refractivity contribution in [2.45, 2.75) is 13.3 Å². The highest BCUT2D eigenvalue weighted by Crippen LogP contribution is 2.23. The number of nitrogens with one attached hydrogen (secondary N) is 2. The Hall–Kier alpha value is -2.36. The van der Waals surface area contributed by atoms with Crippen LogP contribution in [-0.2, 0) is 6.42 Å².